The zero-order chi connectivity index (χ0) is 11.2. The second-order valence-electron chi connectivity index (χ2n) is 4.58. The van der Waals surface area contributed by atoms with Gasteiger partial charge in [0.05, 0.1) is 0 Å². The molecule has 0 spiro atoms. The van der Waals surface area contributed by atoms with Crippen LogP contribution in [0.3, 0.4) is 0 Å². The number of hydrogen-bond donors (Lipinski definition) is 0. The van der Waals surface area contributed by atoms with Crippen molar-refractivity contribution in [2.24, 2.45) is 0 Å². The van der Waals surface area contributed by atoms with Gasteiger partial charge >= 0.3 is 0 Å². The molecule has 0 N–H and O–H groups in total. The van der Waals surface area contributed by atoms with E-state index in [1.165, 1.54) is 32.0 Å². The summed E-state index contributed by atoms with van der Waals surface area (Å²) in [6, 6.07) is 13.2. The van der Waals surface area contributed by atoms with Gasteiger partial charge in [-0.3, -0.25) is 0 Å². The van der Waals surface area contributed by atoms with E-state index in [2.05, 4.69) is 60.7 Å². The van der Waals surface area contributed by atoms with Gasteiger partial charge in [-0.25, -0.2) is 0 Å². The van der Waals surface area contributed by atoms with Gasteiger partial charge in [0, 0.05) is 0 Å². The summed E-state index contributed by atoms with van der Waals surface area (Å²) in [4.78, 5) is 0. The molecule has 0 nitrogen and oxygen atoms in total. The average molecular weight is 216 g/mol. The molecular weight excluding hydrogens is 204 g/mol. The van der Waals surface area contributed by atoms with E-state index in [-0.39, 0.29) is 0 Å². The third kappa shape index (κ3) is 1.13. The molecule has 2 aliphatic carbocycles. The fourth-order valence-electron chi connectivity index (χ4n) is 2.83. The zero-order valence-electron chi connectivity index (χ0n) is 9.48. The van der Waals surface area contributed by atoms with Crippen LogP contribution in [0.2, 0.25) is 0 Å². The van der Waals surface area contributed by atoms with Crippen molar-refractivity contribution in [3.8, 4) is 0 Å². The van der Waals surface area contributed by atoms with Crippen molar-refractivity contribution in [2.45, 2.75) is 6.42 Å². The SMILES string of the molecule is C1=Cc2cccc3c2=c2c(cccc2=3)C=CC1. The maximum atomic E-state index is 2.24. The molecule has 0 aliphatic heterocycles. The van der Waals surface area contributed by atoms with Crippen LogP contribution in [0.1, 0.15) is 17.5 Å². The molecule has 0 heteroatoms. The predicted molar refractivity (Wildman–Crippen MR) is 70.9 cm³/mol. The Morgan fingerprint density at radius 1 is 0.647 bits per heavy atom. The van der Waals surface area contributed by atoms with Crippen molar-refractivity contribution in [1.29, 1.82) is 0 Å². The molecule has 0 heterocycles. The summed E-state index contributed by atoms with van der Waals surface area (Å²) < 4.78 is 0. The van der Waals surface area contributed by atoms with Gasteiger partial charge in [0.15, 0.2) is 0 Å². The molecule has 80 valence electrons. The molecule has 0 radical (unpaired) electrons. The van der Waals surface area contributed by atoms with Crippen LogP contribution in [0.4, 0.5) is 0 Å². The average Bonchev–Trinajstić information content (AvgIpc) is 2.43. The molecule has 2 aromatic carbocycles. The predicted octanol–water partition coefficient (Wildman–Crippen LogP) is 4.00. The van der Waals surface area contributed by atoms with Gasteiger partial charge in [-0.05, 0) is 38.4 Å². The Labute approximate surface area is 99.5 Å². The maximum Gasteiger partial charge on any atom is -0.00205 e. The van der Waals surface area contributed by atoms with Crippen LogP contribution < -0.4 is 0 Å². The largest absolute Gasteiger partial charge is 0.0801 e. The van der Waals surface area contributed by atoms with Crippen molar-refractivity contribution < 1.29 is 0 Å². The highest BCUT2D eigenvalue weighted by atomic mass is 14.1. The second-order valence-corrected chi connectivity index (χ2v) is 4.58. The van der Waals surface area contributed by atoms with Gasteiger partial charge in [0.25, 0.3) is 0 Å². The summed E-state index contributed by atoms with van der Waals surface area (Å²) in [7, 11) is 0. The lowest BCUT2D eigenvalue weighted by molar-refractivity contribution is 1.26. The minimum Gasteiger partial charge on any atom is -0.0801 e. The summed E-state index contributed by atoms with van der Waals surface area (Å²) in [5.41, 5.74) is 2.71. The molecule has 0 amide bonds. The van der Waals surface area contributed by atoms with Gasteiger partial charge in [-0.15, -0.1) is 0 Å². The van der Waals surface area contributed by atoms with Gasteiger partial charge in [-0.2, -0.15) is 0 Å². The quantitative estimate of drug-likeness (QED) is 0.532. The highest BCUT2D eigenvalue weighted by Crippen LogP contribution is 2.22. The number of benzene rings is 2. The third-order valence-electron chi connectivity index (χ3n) is 3.60. The van der Waals surface area contributed by atoms with Crippen LogP contribution in [-0.4, -0.2) is 0 Å². The molecule has 0 unspecified atom stereocenters. The Morgan fingerprint density at radius 2 is 1.18 bits per heavy atom. The smallest absolute Gasteiger partial charge is 0.00205 e. The summed E-state index contributed by atoms with van der Waals surface area (Å²) >= 11 is 0. The van der Waals surface area contributed by atoms with Crippen LogP contribution in [-0.2, 0) is 0 Å². The number of rotatable bonds is 0. The lowest BCUT2D eigenvalue weighted by atomic mass is 9.94. The minimum absolute atomic E-state index is 1.01. The Balaban J connectivity index is 2.34. The molecule has 17 heavy (non-hydrogen) atoms. The van der Waals surface area contributed by atoms with Gasteiger partial charge in [0.1, 0.15) is 0 Å². The Hall–Kier alpha value is -2.08. The highest BCUT2D eigenvalue weighted by molar-refractivity contribution is 5.60. The van der Waals surface area contributed by atoms with Crippen LogP contribution in [0.5, 0.6) is 0 Å². The first kappa shape index (κ1) is 9.00. The highest BCUT2D eigenvalue weighted by Gasteiger charge is 2.08. The maximum absolute atomic E-state index is 2.24. The first-order valence-electron chi connectivity index (χ1n) is 6.05. The van der Waals surface area contributed by atoms with E-state index in [9.17, 15) is 0 Å². The van der Waals surface area contributed by atoms with E-state index in [0.29, 0.717) is 0 Å². The van der Waals surface area contributed by atoms with Crippen molar-refractivity contribution in [1.82, 2.24) is 0 Å². The summed E-state index contributed by atoms with van der Waals surface area (Å²) in [6.07, 6.45) is 9.96. The van der Waals surface area contributed by atoms with E-state index in [1.807, 2.05) is 0 Å². The molecule has 0 fully saturated rings. The van der Waals surface area contributed by atoms with Crippen molar-refractivity contribution in [2.75, 3.05) is 0 Å². The van der Waals surface area contributed by atoms with Crippen LogP contribution in [0.15, 0.2) is 48.6 Å². The number of hydrogen-bond acceptors (Lipinski definition) is 0. The zero-order valence-corrected chi connectivity index (χ0v) is 9.48. The molecule has 2 aliphatic rings. The fourth-order valence-corrected chi connectivity index (χ4v) is 2.83. The molecular formula is C17H12. The molecule has 4 rings (SSSR count). The fraction of sp³-hybridized carbons (Fsp3) is 0.0588. The Kier molecular flexibility index (Phi) is 1.70. The third-order valence-corrected chi connectivity index (χ3v) is 3.60. The monoisotopic (exact) mass is 216 g/mol. The Bertz CT molecular complexity index is 780. The summed E-state index contributed by atoms with van der Waals surface area (Å²) in [5.74, 6) is 0. The number of allylic oxidation sites excluding steroid dienone is 2. The van der Waals surface area contributed by atoms with E-state index in [1.54, 1.807) is 0 Å². The standard InChI is InChI=1S/C17H12/c1-2-6-12-8-4-10-14-15-11-5-9-13(7-3-1)17(15)16(12)14/h2-11H,1H2. The molecule has 0 aromatic heterocycles. The van der Waals surface area contributed by atoms with E-state index >= 15 is 0 Å². The molecule has 0 saturated carbocycles. The van der Waals surface area contributed by atoms with Crippen molar-refractivity contribution in [3.05, 3.63) is 80.6 Å². The summed E-state index contributed by atoms with van der Waals surface area (Å²) in [5, 5.41) is 5.67. The van der Waals surface area contributed by atoms with Crippen LogP contribution in [0.25, 0.3) is 12.2 Å². The molecule has 0 saturated heterocycles. The topological polar surface area (TPSA) is 0 Å². The minimum atomic E-state index is 1.01. The van der Waals surface area contributed by atoms with Gasteiger partial charge in [0.2, 0.25) is 0 Å². The molecule has 2 aromatic rings. The lowest BCUT2D eigenvalue weighted by Gasteiger charge is -2.09. The van der Waals surface area contributed by atoms with Gasteiger partial charge in [-0.1, -0.05) is 60.7 Å². The van der Waals surface area contributed by atoms with Crippen molar-refractivity contribution >= 4 is 12.2 Å². The second kappa shape index (κ2) is 3.21. The van der Waals surface area contributed by atoms with E-state index in [0.717, 1.165) is 6.42 Å². The van der Waals surface area contributed by atoms with Gasteiger partial charge < -0.3 is 0 Å². The van der Waals surface area contributed by atoms with Crippen LogP contribution >= 0.6 is 0 Å². The lowest BCUT2D eigenvalue weighted by Crippen LogP contribution is -1.96. The van der Waals surface area contributed by atoms with E-state index < -0.39 is 0 Å². The van der Waals surface area contributed by atoms with Crippen molar-refractivity contribution in [3.63, 3.8) is 0 Å². The Morgan fingerprint density at radius 3 is 1.71 bits per heavy atom. The molecule has 0 atom stereocenters. The normalized spacial score (nSPS) is 14.4. The van der Waals surface area contributed by atoms with Crippen LogP contribution in [0, 0.1) is 20.9 Å². The first-order valence-corrected chi connectivity index (χ1v) is 6.05. The molecule has 0 bridgehead atoms. The van der Waals surface area contributed by atoms with E-state index in [4.69, 9.17) is 0 Å². The summed E-state index contributed by atoms with van der Waals surface area (Å²) in [6.45, 7) is 0. The first-order chi connectivity index (χ1) is 8.45.